The molecule has 1 aliphatic heterocycles. The lowest BCUT2D eigenvalue weighted by atomic mass is 10.2. The SMILES string of the molecule is COC(=O)C1=C(C=O)N=C(Br)C1. The van der Waals surface area contributed by atoms with Crippen LogP contribution in [0.2, 0.25) is 0 Å². The monoisotopic (exact) mass is 231 g/mol. The Morgan fingerprint density at radius 2 is 2.42 bits per heavy atom. The Morgan fingerprint density at radius 1 is 1.75 bits per heavy atom. The number of esters is 1. The van der Waals surface area contributed by atoms with E-state index in [-0.39, 0.29) is 5.70 Å². The normalized spacial score (nSPS) is 16.0. The minimum Gasteiger partial charge on any atom is -0.466 e. The molecular weight excluding hydrogens is 226 g/mol. The number of nitrogens with zero attached hydrogens (tertiary/aromatic N) is 1. The minimum absolute atomic E-state index is 0.147. The summed E-state index contributed by atoms with van der Waals surface area (Å²) in [4.78, 5) is 25.2. The smallest absolute Gasteiger partial charge is 0.336 e. The van der Waals surface area contributed by atoms with Crippen LogP contribution in [0.1, 0.15) is 6.42 Å². The zero-order valence-electron chi connectivity index (χ0n) is 6.33. The first-order valence-electron chi connectivity index (χ1n) is 3.18. The van der Waals surface area contributed by atoms with Crippen molar-refractivity contribution in [2.24, 2.45) is 4.99 Å². The number of hydrogen-bond donors (Lipinski definition) is 0. The Labute approximate surface area is 77.4 Å². The van der Waals surface area contributed by atoms with E-state index in [4.69, 9.17) is 0 Å². The number of ether oxygens (including phenoxy) is 1. The minimum atomic E-state index is -0.504. The van der Waals surface area contributed by atoms with Crippen molar-refractivity contribution in [2.45, 2.75) is 6.42 Å². The van der Waals surface area contributed by atoms with Crippen LogP contribution >= 0.6 is 15.9 Å². The van der Waals surface area contributed by atoms with E-state index in [9.17, 15) is 9.59 Å². The van der Waals surface area contributed by atoms with E-state index in [0.717, 1.165) is 0 Å². The van der Waals surface area contributed by atoms with Crippen LogP contribution in [-0.4, -0.2) is 24.0 Å². The molecule has 0 aromatic carbocycles. The molecule has 4 nitrogen and oxygen atoms in total. The fourth-order valence-corrected chi connectivity index (χ4v) is 1.34. The summed E-state index contributed by atoms with van der Waals surface area (Å²) in [6, 6.07) is 0. The molecule has 0 atom stereocenters. The molecule has 0 fully saturated rings. The van der Waals surface area contributed by atoms with Crippen LogP contribution in [0.15, 0.2) is 16.3 Å². The van der Waals surface area contributed by atoms with Crippen LogP contribution < -0.4 is 0 Å². The van der Waals surface area contributed by atoms with Gasteiger partial charge in [-0.15, -0.1) is 0 Å². The van der Waals surface area contributed by atoms with Gasteiger partial charge in [-0.25, -0.2) is 9.79 Å². The first-order valence-corrected chi connectivity index (χ1v) is 3.98. The number of allylic oxidation sites excluding steroid dienone is 1. The lowest BCUT2D eigenvalue weighted by molar-refractivity contribution is -0.136. The molecule has 0 saturated carbocycles. The molecule has 0 radical (unpaired) electrons. The summed E-state index contributed by atoms with van der Waals surface area (Å²) >= 11 is 3.10. The summed E-state index contributed by atoms with van der Waals surface area (Å²) in [7, 11) is 1.27. The van der Waals surface area contributed by atoms with Crippen LogP contribution in [0, 0.1) is 0 Å². The predicted octanol–water partition coefficient (Wildman–Crippen LogP) is 0.809. The number of aliphatic imine (C=N–C) groups is 1. The van der Waals surface area contributed by atoms with E-state index in [2.05, 4.69) is 25.7 Å². The van der Waals surface area contributed by atoms with Gasteiger partial charge >= 0.3 is 5.97 Å². The third-order valence-corrected chi connectivity index (χ3v) is 1.87. The zero-order valence-corrected chi connectivity index (χ0v) is 7.92. The quantitative estimate of drug-likeness (QED) is 0.522. The fourth-order valence-electron chi connectivity index (χ4n) is 0.872. The maximum absolute atomic E-state index is 11.0. The van der Waals surface area contributed by atoms with Crippen molar-refractivity contribution in [3.8, 4) is 0 Å². The first-order chi connectivity index (χ1) is 5.69. The van der Waals surface area contributed by atoms with E-state index in [1.807, 2.05) is 0 Å². The lowest BCUT2D eigenvalue weighted by Gasteiger charge is -1.97. The summed E-state index contributed by atoms with van der Waals surface area (Å²) in [6.45, 7) is 0. The summed E-state index contributed by atoms with van der Waals surface area (Å²) < 4.78 is 5.04. The number of aldehydes is 1. The highest BCUT2D eigenvalue weighted by Crippen LogP contribution is 2.21. The maximum atomic E-state index is 11.0. The van der Waals surface area contributed by atoms with E-state index < -0.39 is 5.97 Å². The highest BCUT2D eigenvalue weighted by atomic mass is 79.9. The van der Waals surface area contributed by atoms with Crippen LogP contribution in [-0.2, 0) is 14.3 Å². The molecular formula is C7H6BrNO3. The van der Waals surface area contributed by atoms with Gasteiger partial charge in [0, 0.05) is 6.42 Å². The molecule has 1 rings (SSSR count). The summed E-state index contributed by atoms with van der Waals surface area (Å²) in [5, 5.41) is 0. The van der Waals surface area contributed by atoms with Gasteiger partial charge in [-0.05, 0) is 15.9 Å². The summed E-state index contributed by atoms with van der Waals surface area (Å²) in [5.74, 6) is -0.504. The second-order valence-corrected chi connectivity index (χ2v) is 3.05. The molecule has 0 aromatic rings. The zero-order chi connectivity index (χ0) is 9.14. The van der Waals surface area contributed by atoms with Gasteiger partial charge in [0.2, 0.25) is 0 Å². The Kier molecular flexibility index (Phi) is 2.75. The van der Waals surface area contributed by atoms with Crippen molar-refractivity contribution >= 4 is 32.8 Å². The second-order valence-electron chi connectivity index (χ2n) is 2.14. The van der Waals surface area contributed by atoms with Gasteiger partial charge in [0.25, 0.3) is 0 Å². The Hall–Kier alpha value is -0.970. The molecule has 1 aliphatic rings. The van der Waals surface area contributed by atoms with Crippen molar-refractivity contribution in [3.05, 3.63) is 11.3 Å². The number of halogens is 1. The Bertz CT molecular complexity index is 293. The summed E-state index contributed by atoms with van der Waals surface area (Å²) in [6.07, 6.45) is 0.876. The van der Waals surface area contributed by atoms with Gasteiger partial charge in [0.05, 0.1) is 17.3 Å². The number of carbonyl (C=O) groups is 2. The number of rotatable bonds is 2. The van der Waals surface area contributed by atoms with Gasteiger partial charge in [0.1, 0.15) is 5.70 Å². The van der Waals surface area contributed by atoms with Gasteiger partial charge in [-0.1, -0.05) is 0 Å². The van der Waals surface area contributed by atoms with Crippen LogP contribution in [0.4, 0.5) is 0 Å². The van der Waals surface area contributed by atoms with Crippen LogP contribution in [0.25, 0.3) is 0 Å². The third kappa shape index (κ3) is 1.61. The molecule has 0 saturated heterocycles. The van der Waals surface area contributed by atoms with Gasteiger partial charge in [-0.3, -0.25) is 4.79 Å². The molecule has 0 unspecified atom stereocenters. The Morgan fingerprint density at radius 3 is 2.92 bits per heavy atom. The third-order valence-electron chi connectivity index (χ3n) is 1.42. The van der Waals surface area contributed by atoms with E-state index in [0.29, 0.717) is 22.9 Å². The van der Waals surface area contributed by atoms with E-state index in [1.165, 1.54) is 7.11 Å². The average Bonchev–Trinajstić information content (AvgIpc) is 2.45. The van der Waals surface area contributed by atoms with Crippen LogP contribution in [0.3, 0.4) is 0 Å². The van der Waals surface area contributed by atoms with Crippen molar-refractivity contribution in [3.63, 3.8) is 0 Å². The highest BCUT2D eigenvalue weighted by molar-refractivity contribution is 9.18. The maximum Gasteiger partial charge on any atom is 0.336 e. The standard InChI is InChI=1S/C7H6BrNO3/c1-12-7(11)4-2-6(8)9-5(4)3-10/h3H,2H2,1H3. The fraction of sp³-hybridized carbons (Fsp3) is 0.286. The summed E-state index contributed by atoms with van der Waals surface area (Å²) in [5.41, 5.74) is 0.452. The molecule has 0 amide bonds. The number of methoxy groups -OCH3 is 1. The van der Waals surface area contributed by atoms with Crippen molar-refractivity contribution in [1.82, 2.24) is 0 Å². The van der Waals surface area contributed by atoms with Gasteiger partial charge < -0.3 is 4.74 Å². The van der Waals surface area contributed by atoms with Crippen molar-refractivity contribution in [1.29, 1.82) is 0 Å². The lowest BCUT2D eigenvalue weighted by Crippen LogP contribution is -2.06. The van der Waals surface area contributed by atoms with E-state index >= 15 is 0 Å². The van der Waals surface area contributed by atoms with Gasteiger partial charge in [-0.2, -0.15) is 0 Å². The average molecular weight is 232 g/mol. The molecule has 0 N–H and O–H groups in total. The van der Waals surface area contributed by atoms with Gasteiger partial charge in [0.15, 0.2) is 6.29 Å². The highest BCUT2D eigenvalue weighted by Gasteiger charge is 2.22. The van der Waals surface area contributed by atoms with E-state index in [1.54, 1.807) is 0 Å². The van der Waals surface area contributed by atoms with Crippen molar-refractivity contribution < 1.29 is 14.3 Å². The predicted molar refractivity (Wildman–Crippen MR) is 46.1 cm³/mol. The van der Waals surface area contributed by atoms with Crippen molar-refractivity contribution in [2.75, 3.05) is 7.11 Å². The largest absolute Gasteiger partial charge is 0.466 e. The molecule has 5 heteroatoms. The molecule has 0 bridgehead atoms. The molecule has 12 heavy (non-hydrogen) atoms. The topological polar surface area (TPSA) is 55.7 Å². The molecule has 1 heterocycles. The molecule has 0 aromatic heterocycles. The first kappa shape index (κ1) is 9.12. The van der Waals surface area contributed by atoms with Crippen LogP contribution in [0.5, 0.6) is 0 Å². The molecule has 64 valence electrons. The number of hydrogen-bond acceptors (Lipinski definition) is 4. The molecule has 0 spiro atoms. The molecule has 0 aliphatic carbocycles. The Balaban J connectivity index is 2.92. The second kappa shape index (κ2) is 3.62. The number of carbonyl (C=O) groups excluding carboxylic acids is 2.